The summed E-state index contributed by atoms with van der Waals surface area (Å²) < 4.78 is 5.62. The third-order valence-electron chi connectivity index (χ3n) is 5.29. The maximum Gasteiger partial charge on any atom is 0.0472 e. The van der Waals surface area contributed by atoms with Crippen LogP contribution in [0.3, 0.4) is 0 Å². The van der Waals surface area contributed by atoms with Gasteiger partial charge in [-0.2, -0.15) is 0 Å². The summed E-state index contributed by atoms with van der Waals surface area (Å²) in [7, 11) is 0. The Morgan fingerprint density at radius 2 is 1.95 bits per heavy atom. The van der Waals surface area contributed by atoms with Crippen molar-refractivity contribution >= 4 is 0 Å². The molecule has 2 fully saturated rings. The number of nitrogens with zero attached hydrogens (tertiary/aromatic N) is 2. The Kier molecular flexibility index (Phi) is 6.93. The molecule has 2 rings (SSSR count). The van der Waals surface area contributed by atoms with Gasteiger partial charge < -0.3 is 10.1 Å². The van der Waals surface area contributed by atoms with E-state index >= 15 is 0 Å². The van der Waals surface area contributed by atoms with Crippen molar-refractivity contribution in [3.05, 3.63) is 0 Å². The van der Waals surface area contributed by atoms with Gasteiger partial charge in [0.2, 0.25) is 0 Å². The Labute approximate surface area is 131 Å². The van der Waals surface area contributed by atoms with Gasteiger partial charge in [0.15, 0.2) is 0 Å². The summed E-state index contributed by atoms with van der Waals surface area (Å²) >= 11 is 0. The predicted octanol–water partition coefficient (Wildman–Crippen LogP) is 1.81. The first-order valence-electron chi connectivity index (χ1n) is 8.94. The summed E-state index contributed by atoms with van der Waals surface area (Å²) in [6, 6.07) is 0.698. The van der Waals surface area contributed by atoms with Gasteiger partial charge in [0.25, 0.3) is 0 Å². The molecule has 0 bridgehead atoms. The normalized spacial score (nSPS) is 27.9. The molecule has 1 unspecified atom stereocenters. The topological polar surface area (TPSA) is 27.7 Å². The van der Waals surface area contributed by atoms with Crippen LogP contribution >= 0.6 is 0 Å². The summed E-state index contributed by atoms with van der Waals surface area (Å²) in [6.45, 7) is 17.2. The number of piperazine rings is 1. The standard InChI is InChI=1S/C17H35N3O/c1-4-8-18-14-17(6-11-21-12-7-17)15-19-9-10-20(5-2)16(3)13-19/h16,18H,4-15H2,1-3H3. The highest BCUT2D eigenvalue weighted by Crippen LogP contribution is 2.31. The van der Waals surface area contributed by atoms with E-state index in [1.165, 1.54) is 52.0 Å². The minimum absolute atomic E-state index is 0.432. The van der Waals surface area contributed by atoms with Crippen LogP contribution in [0.2, 0.25) is 0 Å². The minimum Gasteiger partial charge on any atom is -0.381 e. The van der Waals surface area contributed by atoms with E-state index in [0.717, 1.165) is 26.3 Å². The van der Waals surface area contributed by atoms with E-state index in [2.05, 4.69) is 35.9 Å². The van der Waals surface area contributed by atoms with E-state index in [-0.39, 0.29) is 0 Å². The van der Waals surface area contributed by atoms with Gasteiger partial charge in [-0.3, -0.25) is 9.80 Å². The van der Waals surface area contributed by atoms with Gasteiger partial charge in [0.1, 0.15) is 0 Å². The molecule has 0 radical (unpaired) electrons. The maximum absolute atomic E-state index is 5.62. The second-order valence-corrected chi connectivity index (χ2v) is 7.00. The average Bonchev–Trinajstić information content (AvgIpc) is 2.49. The molecule has 0 aliphatic carbocycles. The fourth-order valence-corrected chi connectivity index (χ4v) is 3.88. The third-order valence-corrected chi connectivity index (χ3v) is 5.29. The molecule has 0 amide bonds. The number of hydrogen-bond donors (Lipinski definition) is 1. The Morgan fingerprint density at radius 3 is 2.57 bits per heavy atom. The van der Waals surface area contributed by atoms with Crippen molar-refractivity contribution in [2.24, 2.45) is 5.41 Å². The zero-order valence-electron chi connectivity index (χ0n) is 14.4. The molecule has 1 N–H and O–H groups in total. The smallest absolute Gasteiger partial charge is 0.0472 e. The van der Waals surface area contributed by atoms with Crippen LogP contribution in [0.5, 0.6) is 0 Å². The Hall–Kier alpha value is -0.160. The fraction of sp³-hybridized carbons (Fsp3) is 1.00. The van der Waals surface area contributed by atoms with Crippen LogP contribution in [0.1, 0.15) is 40.0 Å². The van der Waals surface area contributed by atoms with Gasteiger partial charge in [-0.05, 0) is 44.7 Å². The van der Waals surface area contributed by atoms with E-state index in [1.54, 1.807) is 0 Å². The number of likely N-dealkylation sites (N-methyl/N-ethyl adjacent to an activating group) is 1. The Morgan fingerprint density at radius 1 is 1.19 bits per heavy atom. The van der Waals surface area contributed by atoms with Crippen molar-refractivity contribution in [2.45, 2.75) is 46.1 Å². The van der Waals surface area contributed by atoms with E-state index in [4.69, 9.17) is 4.74 Å². The molecule has 2 aliphatic rings. The first-order valence-corrected chi connectivity index (χ1v) is 8.94. The lowest BCUT2D eigenvalue weighted by atomic mass is 9.79. The molecule has 0 aromatic heterocycles. The van der Waals surface area contributed by atoms with E-state index in [9.17, 15) is 0 Å². The first-order chi connectivity index (χ1) is 10.2. The summed E-state index contributed by atoms with van der Waals surface area (Å²) in [5, 5.41) is 3.67. The maximum atomic E-state index is 5.62. The number of ether oxygens (including phenoxy) is 1. The third kappa shape index (κ3) is 4.92. The van der Waals surface area contributed by atoms with Crippen molar-refractivity contribution in [1.29, 1.82) is 0 Å². The van der Waals surface area contributed by atoms with E-state index in [0.29, 0.717) is 11.5 Å². The van der Waals surface area contributed by atoms with Crippen LogP contribution in [-0.2, 0) is 4.74 Å². The van der Waals surface area contributed by atoms with E-state index < -0.39 is 0 Å². The highest BCUT2D eigenvalue weighted by atomic mass is 16.5. The molecule has 0 saturated carbocycles. The van der Waals surface area contributed by atoms with Gasteiger partial charge >= 0.3 is 0 Å². The highest BCUT2D eigenvalue weighted by molar-refractivity contribution is 4.90. The molecule has 4 nitrogen and oxygen atoms in total. The molecule has 0 spiro atoms. The van der Waals surface area contributed by atoms with Crippen LogP contribution in [0.25, 0.3) is 0 Å². The van der Waals surface area contributed by atoms with Gasteiger partial charge in [0.05, 0.1) is 0 Å². The summed E-state index contributed by atoms with van der Waals surface area (Å²) in [5.41, 5.74) is 0.432. The van der Waals surface area contributed by atoms with Gasteiger partial charge in [-0.15, -0.1) is 0 Å². The molecule has 0 aromatic carbocycles. The zero-order chi connectivity index (χ0) is 15.1. The van der Waals surface area contributed by atoms with E-state index in [1.807, 2.05) is 0 Å². The van der Waals surface area contributed by atoms with Gasteiger partial charge in [0, 0.05) is 52.0 Å². The zero-order valence-corrected chi connectivity index (χ0v) is 14.4. The van der Waals surface area contributed by atoms with Gasteiger partial charge in [-0.25, -0.2) is 0 Å². The molecule has 2 aliphatic heterocycles. The van der Waals surface area contributed by atoms with Gasteiger partial charge in [-0.1, -0.05) is 13.8 Å². The fourth-order valence-electron chi connectivity index (χ4n) is 3.88. The quantitative estimate of drug-likeness (QED) is 0.725. The van der Waals surface area contributed by atoms with Crippen molar-refractivity contribution in [3.63, 3.8) is 0 Å². The predicted molar refractivity (Wildman–Crippen MR) is 88.8 cm³/mol. The molecular weight excluding hydrogens is 262 g/mol. The van der Waals surface area contributed by atoms with Crippen LogP contribution in [-0.4, -0.2) is 74.9 Å². The minimum atomic E-state index is 0.432. The summed E-state index contributed by atoms with van der Waals surface area (Å²) in [4.78, 5) is 5.30. The first kappa shape index (κ1) is 17.2. The van der Waals surface area contributed by atoms with Crippen LogP contribution in [0.15, 0.2) is 0 Å². The SMILES string of the molecule is CCCNCC1(CN2CCN(CC)C(C)C2)CCOCC1. The molecule has 124 valence electrons. The molecule has 4 heteroatoms. The summed E-state index contributed by atoms with van der Waals surface area (Å²) in [6.07, 6.45) is 3.65. The lowest BCUT2D eigenvalue weighted by molar-refractivity contribution is -0.0184. The molecule has 2 saturated heterocycles. The lowest BCUT2D eigenvalue weighted by Gasteiger charge is -2.46. The van der Waals surface area contributed by atoms with Crippen LogP contribution < -0.4 is 5.32 Å². The van der Waals surface area contributed by atoms with Crippen molar-refractivity contribution in [3.8, 4) is 0 Å². The average molecular weight is 297 g/mol. The molecule has 0 aromatic rings. The van der Waals surface area contributed by atoms with Crippen molar-refractivity contribution < 1.29 is 4.74 Å². The second-order valence-electron chi connectivity index (χ2n) is 7.00. The monoisotopic (exact) mass is 297 g/mol. The van der Waals surface area contributed by atoms with Crippen molar-refractivity contribution in [1.82, 2.24) is 15.1 Å². The Balaban J connectivity index is 1.89. The summed E-state index contributed by atoms with van der Waals surface area (Å²) in [5.74, 6) is 0. The number of rotatable bonds is 7. The lowest BCUT2D eigenvalue weighted by Crippen LogP contribution is -2.56. The molecule has 21 heavy (non-hydrogen) atoms. The Bertz CT molecular complexity index is 292. The molecular formula is C17H35N3O. The second kappa shape index (κ2) is 8.47. The van der Waals surface area contributed by atoms with Crippen LogP contribution in [0.4, 0.5) is 0 Å². The largest absolute Gasteiger partial charge is 0.381 e. The number of hydrogen-bond acceptors (Lipinski definition) is 4. The van der Waals surface area contributed by atoms with Crippen LogP contribution in [0, 0.1) is 5.41 Å². The number of nitrogens with one attached hydrogen (secondary N) is 1. The van der Waals surface area contributed by atoms with Crippen molar-refractivity contribution in [2.75, 3.05) is 59.0 Å². The molecule has 1 atom stereocenters. The highest BCUT2D eigenvalue weighted by Gasteiger charge is 2.35. The molecule has 2 heterocycles.